The van der Waals surface area contributed by atoms with Gasteiger partial charge in [0.2, 0.25) is 5.91 Å². The minimum Gasteiger partial charge on any atom is -0.273 e. The summed E-state index contributed by atoms with van der Waals surface area (Å²) in [6.07, 6.45) is 0.941. The second-order valence-corrected chi connectivity index (χ2v) is 5.96. The topological polar surface area (TPSA) is 47.3 Å². The number of fused-ring (bicyclic) bond motifs is 1. The third kappa shape index (κ3) is 1.82. The largest absolute Gasteiger partial charge is 0.273 e. The molecule has 4 nitrogen and oxygen atoms in total. The Bertz CT molecular complexity index is 573. The summed E-state index contributed by atoms with van der Waals surface area (Å²) in [6, 6.07) is 9.84. The van der Waals surface area contributed by atoms with Crippen molar-refractivity contribution >= 4 is 5.91 Å². The lowest BCUT2D eigenvalue weighted by Gasteiger charge is -2.26. The van der Waals surface area contributed by atoms with Crippen LogP contribution in [-0.4, -0.2) is 29.0 Å². The molecule has 2 aliphatic rings. The molecule has 0 aromatic heterocycles. The van der Waals surface area contributed by atoms with E-state index in [1.54, 1.807) is 6.07 Å². The van der Waals surface area contributed by atoms with Crippen molar-refractivity contribution in [2.45, 2.75) is 26.3 Å². The number of hydrazine groups is 1. The molecule has 19 heavy (non-hydrogen) atoms. The summed E-state index contributed by atoms with van der Waals surface area (Å²) in [5, 5.41) is 13.0. The van der Waals surface area contributed by atoms with Gasteiger partial charge >= 0.3 is 0 Å². The Morgan fingerprint density at radius 2 is 2.21 bits per heavy atom. The average Bonchev–Trinajstić information content (AvgIpc) is 2.89. The van der Waals surface area contributed by atoms with Gasteiger partial charge in [0.25, 0.3) is 0 Å². The number of amides is 1. The van der Waals surface area contributed by atoms with Crippen LogP contribution in [0.1, 0.15) is 37.4 Å². The summed E-state index contributed by atoms with van der Waals surface area (Å²) in [5.41, 5.74) is 1.42. The van der Waals surface area contributed by atoms with Crippen LogP contribution in [-0.2, 0) is 4.79 Å². The van der Waals surface area contributed by atoms with E-state index in [0.29, 0.717) is 5.56 Å². The maximum atomic E-state index is 12.5. The first kappa shape index (κ1) is 12.2. The molecule has 0 saturated carbocycles. The summed E-state index contributed by atoms with van der Waals surface area (Å²) < 4.78 is 0. The molecule has 98 valence electrons. The lowest BCUT2D eigenvalue weighted by Crippen LogP contribution is -2.35. The Hall–Kier alpha value is -1.86. The molecule has 2 saturated heterocycles. The lowest BCUT2D eigenvalue weighted by molar-refractivity contribution is -0.142. The Kier molecular flexibility index (Phi) is 2.61. The molecule has 2 fully saturated rings. The first-order valence-corrected chi connectivity index (χ1v) is 6.61. The van der Waals surface area contributed by atoms with Gasteiger partial charge in [-0.25, -0.2) is 5.01 Å². The van der Waals surface area contributed by atoms with Gasteiger partial charge in [0.15, 0.2) is 0 Å². The zero-order chi connectivity index (χ0) is 13.6. The Morgan fingerprint density at radius 3 is 2.95 bits per heavy atom. The van der Waals surface area contributed by atoms with E-state index < -0.39 is 0 Å². The number of hydrogen-bond donors (Lipinski definition) is 0. The molecule has 1 amide bonds. The SMILES string of the molecule is CC1(C)CN2CCC(c3cccc(C#N)c3)N2C1=O. The van der Waals surface area contributed by atoms with E-state index >= 15 is 0 Å². The number of hydrogen-bond acceptors (Lipinski definition) is 3. The number of nitrogens with zero attached hydrogens (tertiary/aromatic N) is 3. The first-order valence-electron chi connectivity index (χ1n) is 6.61. The Balaban J connectivity index is 1.95. The van der Waals surface area contributed by atoms with Crippen molar-refractivity contribution in [3.8, 4) is 6.07 Å². The van der Waals surface area contributed by atoms with Gasteiger partial charge in [-0.15, -0.1) is 0 Å². The van der Waals surface area contributed by atoms with Gasteiger partial charge in [0.1, 0.15) is 0 Å². The molecular formula is C15H17N3O. The van der Waals surface area contributed by atoms with Crippen molar-refractivity contribution in [1.82, 2.24) is 10.0 Å². The van der Waals surface area contributed by atoms with Crippen molar-refractivity contribution in [3.05, 3.63) is 35.4 Å². The molecule has 1 atom stereocenters. The highest BCUT2D eigenvalue weighted by atomic mass is 16.2. The predicted molar refractivity (Wildman–Crippen MR) is 70.7 cm³/mol. The quantitative estimate of drug-likeness (QED) is 0.772. The van der Waals surface area contributed by atoms with Crippen LogP contribution in [0.3, 0.4) is 0 Å². The minimum atomic E-state index is -0.300. The van der Waals surface area contributed by atoms with Crippen molar-refractivity contribution in [2.75, 3.05) is 13.1 Å². The molecule has 0 aliphatic carbocycles. The molecule has 1 aromatic carbocycles. The highest BCUT2D eigenvalue weighted by Gasteiger charge is 2.50. The van der Waals surface area contributed by atoms with Crippen LogP contribution in [0, 0.1) is 16.7 Å². The second-order valence-electron chi connectivity index (χ2n) is 5.96. The molecule has 0 spiro atoms. The van der Waals surface area contributed by atoms with Crippen molar-refractivity contribution in [2.24, 2.45) is 5.41 Å². The van der Waals surface area contributed by atoms with Crippen molar-refractivity contribution < 1.29 is 4.79 Å². The highest BCUT2D eigenvalue weighted by Crippen LogP contribution is 2.42. The zero-order valence-electron chi connectivity index (χ0n) is 11.3. The standard InChI is InChI=1S/C15H17N3O/c1-15(2)10-17-7-6-13(18(17)14(15)19)12-5-3-4-11(8-12)9-16/h3-5,8,13H,6-7,10H2,1-2H3. The summed E-state index contributed by atoms with van der Waals surface area (Å²) in [4.78, 5) is 12.5. The fourth-order valence-electron chi connectivity index (χ4n) is 3.08. The van der Waals surface area contributed by atoms with Crippen LogP contribution in [0.25, 0.3) is 0 Å². The number of nitriles is 1. The van der Waals surface area contributed by atoms with E-state index in [1.165, 1.54) is 0 Å². The normalized spacial score (nSPS) is 25.4. The van der Waals surface area contributed by atoms with Crippen molar-refractivity contribution in [3.63, 3.8) is 0 Å². The van der Waals surface area contributed by atoms with Gasteiger partial charge in [-0.3, -0.25) is 9.80 Å². The molecule has 4 heteroatoms. The van der Waals surface area contributed by atoms with Crippen LogP contribution in [0.5, 0.6) is 0 Å². The maximum absolute atomic E-state index is 12.5. The fourth-order valence-corrected chi connectivity index (χ4v) is 3.08. The number of rotatable bonds is 1. The van der Waals surface area contributed by atoms with Gasteiger partial charge in [-0.05, 0) is 38.0 Å². The van der Waals surface area contributed by atoms with Gasteiger partial charge in [-0.2, -0.15) is 5.26 Å². The molecule has 2 heterocycles. The van der Waals surface area contributed by atoms with E-state index in [4.69, 9.17) is 5.26 Å². The van der Waals surface area contributed by atoms with E-state index in [1.807, 2.05) is 37.1 Å². The van der Waals surface area contributed by atoms with E-state index in [0.717, 1.165) is 25.1 Å². The van der Waals surface area contributed by atoms with Gasteiger partial charge in [0.05, 0.1) is 23.1 Å². The third-order valence-electron chi connectivity index (χ3n) is 4.03. The summed E-state index contributed by atoms with van der Waals surface area (Å²) in [6.45, 7) is 5.70. The van der Waals surface area contributed by atoms with Crippen LogP contribution in [0.15, 0.2) is 24.3 Å². The van der Waals surface area contributed by atoms with Gasteiger partial charge < -0.3 is 0 Å². The van der Waals surface area contributed by atoms with Crippen LogP contribution >= 0.6 is 0 Å². The van der Waals surface area contributed by atoms with Crippen LogP contribution in [0.2, 0.25) is 0 Å². The van der Waals surface area contributed by atoms with Crippen LogP contribution < -0.4 is 0 Å². The molecule has 1 unspecified atom stereocenters. The van der Waals surface area contributed by atoms with E-state index in [2.05, 4.69) is 11.1 Å². The van der Waals surface area contributed by atoms with Crippen LogP contribution in [0.4, 0.5) is 0 Å². The molecule has 1 aromatic rings. The Morgan fingerprint density at radius 1 is 1.42 bits per heavy atom. The van der Waals surface area contributed by atoms with Crippen molar-refractivity contribution in [1.29, 1.82) is 5.26 Å². The molecule has 2 aliphatic heterocycles. The third-order valence-corrected chi connectivity index (χ3v) is 4.03. The van der Waals surface area contributed by atoms with E-state index in [-0.39, 0.29) is 17.4 Å². The average molecular weight is 255 g/mol. The molecule has 0 radical (unpaired) electrons. The van der Waals surface area contributed by atoms with Gasteiger partial charge in [0, 0.05) is 13.1 Å². The number of benzene rings is 1. The van der Waals surface area contributed by atoms with Gasteiger partial charge in [-0.1, -0.05) is 12.1 Å². The smallest absolute Gasteiger partial charge is 0.244 e. The predicted octanol–water partition coefficient (Wildman–Crippen LogP) is 2.09. The monoisotopic (exact) mass is 255 g/mol. The lowest BCUT2D eigenvalue weighted by atomic mass is 9.92. The fraction of sp³-hybridized carbons (Fsp3) is 0.467. The molecule has 0 bridgehead atoms. The molecule has 3 rings (SSSR count). The second kappa shape index (κ2) is 4.07. The minimum absolute atomic E-state index is 0.0857. The first-order chi connectivity index (χ1) is 9.03. The number of carbonyl (C=O) groups excluding carboxylic acids is 1. The summed E-state index contributed by atoms with van der Waals surface area (Å²) in [5.74, 6) is 0.192. The maximum Gasteiger partial charge on any atom is 0.244 e. The zero-order valence-corrected chi connectivity index (χ0v) is 11.3. The highest BCUT2D eigenvalue weighted by molar-refractivity contribution is 5.84. The molecule has 0 N–H and O–H groups in total. The summed E-state index contributed by atoms with van der Waals surface area (Å²) in [7, 11) is 0. The summed E-state index contributed by atoms with van der Waals surface area (Å²) >= 11 is 0. The van der Waals surface area contributed by atoms with E-state index in [9.17, 15) is 4.79 Å². The Labute approximate surface area is 113 Å². The number of carbonyl (C=O) groups is 1. The molecular weight excluding hydrogens is 238 g/mol.